The van der Waals surface area contributed by atoms with Crippen molar-refractivity contribution in [3.8, 4) is 17.0 Å². The lowest BCUT2D eigenvalue weighted by atomic mass is 10.1. The first-order chi connectivity index (χ1) is 11.1. The standard InChI is InChI=1S/C17H17BrFN3O/c1-20-7-8-23-12-4-6-13(15(19)10-12)17-14-5-3-11(18)9-16(14)22(2)21-17/h3-6,9-10,20H,7-8H2,1-2H3. The molecule has 2 aromatic carbocycles. The highest BCUT2D eigenvalue weighted by Crippen LogP contribution is 2.32. The molecule has 120 valence electrons. The fourth-order valence-electron chi connectivity index (χ4n) is 2.48. The molecule has 0 bridgehead atoms. The zero-order chi connectivity index (χ0) is 16.4. The Labute approximate surface area is 142 Å². The zero-order valence-electron chi connectivity index (χ0n) is 12.9. The van der Waals surface area contributed by atoms with Crippen molar-refractivity contribution in [1.82, 2.24) is 15.1 Å². The van der Waals surface area contributed by atoms with Crippen LogP contribution in [0.2, 0.25) is 0 Å². The highest BCUT2D eigenvalue weighted by molar-refractivity contribution is 9.10. The van der Waals surface area contributed by atoms with Gasteiger partial charge in [-0.05, 0) is 37.4 Å². The number of ether oxygens (including phenoxy) is 1. The number of aromatic nitrogens is 2. The molecule has 6 heteroatoms. The number of likely N-dealkylation sites (N-methyl/N-ethyl adjacent to an activating group) is 1. The maximum atomic E-state index is 14.5. The van der Waals surface area contributed by atoms with Crippen LogP contribution in [0.1, 0.15) is 0 Å². The van der Waals surface area contributed by atoms with Crippen LogP contribution in [0.4, 0.5) is 4.39 Å². The van der Waals surface area contributed by atoms with Gasteiger partial charge in [0.15, 0.2) is 0 Å². The summed E-state index contributed by atoms with van der Waals surface area (Å²) < 4.78 is 22.7. The Morgan fingerprint density at radius 3 is 2.83 bits per heavy atom. The van der Waals surface area contributed by atoms with Crippen LogP contribution in [0.25, 0.3) is 22.2 Å². The molecule has 1 heterocycles. The predicted octanol–water partition coefficient (Wildman–Crippen LogP) is 3.74. The normalized spacial score (nSPS) is 11.1. The third-order valence-corrected chi connectivity index (χ3v) is 4.12. The first-order valence-electron chi connectivity index (χ1n) is 7.29. The van der Waals surface area contributed by atoms with Crippen molar-refractivity contribution < 1.29 is 9.13 Å². The second-order valence-electron chi connectivity index (χ2n) is 5.23. The van der Waals surface area contributed by atoms with Crippen molar-refractivity contribution in [2.24, 2.45) is 7.05 Å². The predicted molar refractivity (Wildman–Crippen MR) is 93.2 cm³/mol. The topological polar surface area (TPSA) is 39.1 Å². The van der Waals surface area contributed by atoms with Gasteiger partial charge in [-0.2, -0.15) is 5.10 Å². The number of aryl methyl sites for hydroxylation is 1. The Morgan fingerprint density at radius 1 is 1.26 bits per heavy atom. The highest BCUT2D eigenvalue weighted by Gasteiger charge is 2.15. The Hall–Kier alpha value is -1.92. The van der Waals surface area contributed by atoms with E-state index in [1.165, 1.54) is 6.07 Å². The van der Waals surface area contributed by atoms with E-state index in [4.69, 9.17) is 4.74 Å². The molecule has 0 aliphatic rings. The summed E-state index contributed by atoms with van der Waals surface area (Å²) in [7, 11) is 3.70. The van der Waals surface area contributed by atoms with Crippen LogP contribution in [0.3, 0.4) is 0 Å². The minimum Gasteiger partial charge on any atom is -0.492 e. The maximum Gasteiger partial charge on any atom is 0.136 e. The van der Waals surface area contributed by atoms with Gasteiger partial charge in [0.05, 0.1) is 5.52 Å². The van der Waals surface area contributed by atoms with Crippen molar-refractivity contribution in [3.05, 3.63) is 46.7 Å². The first-order valence-corrected chi connectivity index (χ1v) is 8.09. The summed E-state index contributed by atoms with van der Waals surface area (Å²) in [6.45, 7) is 1.21. The van der Waals surface area contributed by atoms with Gasteiger partial charge in [-0.25, -0.2) is 4.39 Å². The average Bonchev–Trinajstić information content (AvgIpc) is 2.84. The summed E-state index contributed by atoms with van der Waals surface area (Å²) in [5.74, 6) is 0.180. The van der Waals surface area contributed by atoms with Crippen LogP contribution in [-0.4, -0.2) is 30.0 Å². The van der Waals surface area contributed by atoms with Gasteiger partial charge in [-0.15, -0.1) is 0 Å². The van der Waals surface area contributed by atoms with Gasteiger partial charge >= 0.3 is 0 Å². The number of hydrogen-bond acceptors (Lipinski definition) is 3. The summed E-state index contributed by atoms with van der Waals surface area (Å²) in [4.78, 5) is 0. The van der Waals surface area contributed by atoms with E-state index < -0.39 is 0 Å². The molecule has 3 rings (SSSR count). The Bertz CT molecular complexity index is 847. The monoisotopic (exact) mass is 377 g/mol. The quantitative estimate of drug-likeness (QED) is 0.688. The molecule has 0 unspecified atom stereocenters. The lowest BCUT2D eigenvalue weighted by Crippen LogP contribution is -2.15. The lowest BCUT2D eigenvalue weighted by molar-refractivity contribution is 0.317. The van der Waals surface area contributed by atoms with Crippen LogP contribution in [-0.2, 0) is 7.05 Å². The van der Waals surface area contributed by atoms with E-state index in [9.17, 15) is 4.39 Å². The van der Waals surface area contributed by atoms with Gasteiger partial charge < -0.3 is 10.1 Å². The van der Waals surface area contributed by atoms with Gasteiger partial charge in [-0.3, -0.25) is 4.68 Å². The molecule has 0 radical (unpaired) electrons. The van der Waals surface area contributed by atoms with E-state index in [-0.39, 0.29) is 5.82 Å². The van der Waals surface area contributed by atoms with E-state index in [0.29, 0.717) is 30.2 Å². The molecule has 1 N–H and O–H groups in total. The van der Waals surface area contributed by atoms with E-state index in [1.54, 1.807) is 16.8 Å². The Kier molecular flexibility index (Phi) is 4.63. The first kappa shape index (κ1) is 16.0. The van der Waals surface area contributed by atoms with Crippen molar-refractivity contribution in [2.75, 3.05) is 20.2 Å². The molecule has 0 atom stereocenters. The van der Waals surface area contributed by atoms with Gasteiger partial charge in [0.2, 0.25) is 0 Å². The molecule has 0 aliphatic heterocycles. The second-order valence-corrected chi connectivity index (χ2v) is 6.14. The summed E-state index contributed by atoms with van der Waals surface area (Å²) in [5, 5.41) is 8.37. The lowest BCUT2D eigenvalue weighted by Gasteiger charge is -2.07. The zero-order valence-corrected chi connectivity index (χ0v) is 14.5. The van der Waals surface area contributed by atoms with E-state index >= 15 is 0 Å². The fourth-order valence-corrected chi connectivity index (χ4v) is 2.83. The largest absolute Gasteiger partial charge is 0.492 e. The third-order valence-electron chi connectivity index (χ3n) is 3.63. The van der Waals surface area contributed by atoms with Gasteiger partial charge in [0.1, 0.15) is 23.9 Å². The Balaban J connectivity index is 1.99. The molecule has 0 spiro atoms. The molecule has 4 nitrogen and oxygen atoms in total. The molecule has 0 saturated heterocycles. The van der Waals surface area contributed by atoms with E-state index in [2.05, 4.69) is 26.3 Å². The highest BCUT2D eigenvalue weighted by atomic mass is 79.9. The van der Waals surface area contributed by atoms with E-state index in [1.807, 2.05) is 32.3 Å². The third kappa shape index (κ3) is 3.23. The van der Waals surface area contributed by atoms with Crippen molar-refractivity contribution >= 4 is 26.8 Å². The van der Waals surface area contributed by atoms with Crippen LogP contribution < -0.4 is 10.1 Å². The summed E-state index contributed by atoms with van der Waals surface area (Å²) >= 11 is 3.45. The molecule has 1 aromatic heterocycles. The van der Waals surface area contributed by atoms with Crippen molar-refractivity contribution in [1.29, 1.82) is 0 Å². The summed E-state index contributed by atoms with van der Waals surface area (Å²) in [5.41, 5.74) is 2.05. The van der Waals surface area contributed by atoms with Gasteiger partial charge in [-0.1, -0.05) is 15.9 Å². The molecular weight excluding hydrogens is 361 g/mol. The number of rotatable bonds is 5. The molecular formula is C17H17BrFN3O. The Morgan fingerprint density at radius 2 is 2.09 bits per heavy atom. The number of benzene rings is 2. The minimum atomic E-state index is -0.338. The number of fused-ring (bicyclic) bond motifs is 1. The summed E-state index contributed by atoms with van der Waals surface area (Å²) in [6.07, 6.45) is 0. The van der Waals surface area contributed by atoms with E-state index in [0.717, 1.165) is 15.4 Å². The number of nitrogens with zero attached hydrogens (tertiary/aromatic N) is 2. The second kappa shape index (κ2) is 6.68. The fraction of sp³-hybridized carbons (Fsp3) is 0.235. The average molecular weight is 378 g/mol. The maximum absolute atomic E-state index is 14.5. The molecule has 3 aromatic rings. The van der Waals surface area contributed by atoms with Crippen LogP contribution in [0.15, 0.2) is 40.9 Å². The van der Waals surface area contributed by atoms with Crippen LogP contribution >= 0.6 is 15.9 Å². The van der Waals surface area contributed by atoms with Crippen molar-refractivity contribution in [3.63, 3.8) is 0 Å². The van der Waals surface area contributed by atoms with Crippen LogP contribution in [0.5, 0.6) is 5.75 Å². The number of nitrogens with one attached hydrogen (secondary N) is 1. The molecule has 0 aliphatic carbocycles. The molecule has 0 amide bonds. The molecule has 0 fully saturated rings. The molecule has 0 saturated carbocycles. The number of halogens is 2. The van der Waals surface area contributed by atoms with Crippen LogP contribution in [0, 0.1) is 5.82 Å². The SMILES string of the molecule is CNCCOc1ccc(-c2nn(C)c3cc(Br)ccc23)c(F)c1. The van der Waals surface area contributed by atoms with Gasteiger partial charge in [0, 0.05) is 35.1 Å². The van der Waals surface area contributed by atoms with Gasteiger partial charge in [0.25, 0.3) is 0 Å². The summed E-state index contributed by atoms with van der Waals surface area (Å²) in [6, 6.07) is 10.7. The minimum absolute atomic E-state index is 0.338. The van der Waals surface area contributed by atoms with Crippen molar-refractivity contribution in [2.45, 2.75) is 0 Å². The molecule has 23 heavy (non-hydrogen) atoms. The number of hydrogen-bond donors (Lipinski definition) is 1. The smallest absolute Gasteiger partial charge is 0.136 e.